The van der Waals surface area contributed by atoms with E-state index < -0.39 is 48.8 Å². The van der Waals surface area contributed by atoms with Crippen LogP contribution < -0.4 is 4.57 Å². The fourth-order valence-corrected chi connectivity index (χ4v) is 1.30. The van der Waals surface area contributed by atoms with Crippen LogP contribution >= 0.6 is 0 Å². The molecular weight excluding hydrogens is 182 g/mol. The summed E-state index contributed by atoms with van der Waals surface area (Å²) >= 11 is 0. The van der Waals surface area contributed by atoms with Crippen LogP contribution in [0, 0.1) is 13.8 Å². The molecule has 1 heterocycles. The monoisotopic (exact) mass is 208 g/mol. The van der Waals surface area contributed by atoms with Gasteiger partial charge in [-0.3, -0.25) is 0 Å². The van der Waals surface area contributed by atoms with Gasteiger partial charge in [0.1, 0.15) is 8.42 Å². The first-order valence-corrected chi connectivity index (χ1v) is 4.39. The number of hydrogen-bond acceptors (Lipinski definition) is 0. The molecule has 1 nitrogen and oxygen atoms in total. The minimum Gasteiger partial charge on any atom is -0.201 e. The van der Waals surface area contributed by atoms with Crippen molar-refractivity contribution in [1.29, 1.82) is 0 Å². The molecule has 0 atom stereocenters. The molecular formula is C14H16N+. The van der Waals surface area contributed by atoms with E-state index in [2.05, 4.69) is 0 Å². The van der Waals surface area contributed by atoms with Crippen LogP contribution in [-0.4, -0.2) is 0 Å². The van der Waals surface area contributed by atoms with Gasteiger partial charge in [0.2, 0.25) is 5.69 Å². The van der Waals surface area contributed by atoms with Crippen molar-refractivity contribution < 1.29 is 18.3 Å². The number of aromatic nitrogens is 1. The van der Waals surface area contributed by atoms with E-state index in [1.165, 1.54) is 14.0 Å². The smallest absolute Gasteiger partial charge is 0.201 e. The van der Waals surface area contributed by atoms with Crippen LogP contribution in [0.15, 0.2) is 42.4 Å². The zero-order valence-electron chi connectivity index (χ0n) is 18.4. The molecule has 0 saturated heterocycles. The van der Waals surface area contributed by atoms with E-state index in [1.54, 1.807) is 0 Å². The predicted molar refractivity (Wildman–Crippen MR) is 62.5 cm³/mol. The van der Waals surface area contributed by atoms with Gasteiger partial charge in [-0.05, 0) is 31.4 Å². The second-order valence-corrected chi connectivity index (χ2v) is 3.14. The molecule has 0 amide bonds. The minimum absolute atomic E-state index is 0.0161. The number of nitrogens with zero attached hydrogens (tertiary/aromatic N) is 1. The van der Waals surface area contributed by atoms with Gasteiger partial charge in [0.05, 0.1) is 8.22 Å². The first-order chi connectivity index (χ1) is 11.3. The van der Waals surface area contributed by atoms with E-state index in [0.29, 0.717) is 0 Å². The van der Waals surface area contributed by atoms with Gasteiger partial charge in [-0.1, -0.05) is 18.1 Å². The second-order valence-electron chi connectivity index (χ2n) is 3.14. The van der Waals surface area contributed by atoms with E-state index >= 15 is 0 Å². The molecule has 0 saturated carbocycles. The van der Waals surface area contributed by atoms with Crippen molar-refractivity contribution in [3.63, 3.8) is 0 Å². The molecule has 1 aromatic heterocycles. The predicted octanol–water partition coefficient (Wildman–Crippen LogP) is 2.79. The van der Waals surface area contributed by atoms with Crippen molar-refractivity contribution in [2.75, 3.05) is 0 Å². The van der Waals surface area contributed by atoms with Gasteiger partial charge in [0, 0.05) is 21.3 Å². The third-order valence-electron chi connectivity index (χ3n) is 2.03. The Labute approximate surface area is 105 Å². The van der Waals surface area contributed by atoms with E-state index in [4.69, 9.17) is 13.7 Å². The average Bonchev–Trinajstić information content (AvgIpc) is 2.51. The minimum atomic E-state index is -2.74. The molecule has 76 valence electrons. The summed E-state index contributed by atoms with van der Waals surface area (Å²) in [4.78, 5) is 0. The van der Waals surface area contributed by atoms with Crippen molar-refractivity contribution in [3.05, 3.63) is 53.6 Å². The number of hydrogen-bond donors (Lipinski definition) is 0. The van der Waals surface area contributed by atoms with Crippen LogP contribution in [0.1, 0.15) is 24.8 Å². The summed E-state index contributed by atoms with van der Waals surface area (Å²) in [6, 6.07) is -2.75. The molecule has 0 radical (unpaired) electrons. The highest BCUT2D eigenvalue weighted by Crippen LogP contribution is 2.19. The van der Waals surface area contributed by atoms with Gasteiger partial charge >= 0.3 is 0 Å². The van der Waals surface area contributed by atoms with Crippen LogP contribution in [0.2, 0.25) is 0 Å². The molecule has 0 aliphatic carbocycles. The van der Waals surface area contributed by atoms with Crippen molar-refractivity contribution in [1.82, 2.24) is 0 Å². The van der Waals surface area contributed by atoms with Gasteiger partial charge in [0.25, 0.3) is 0 Å². The topological polar surface area (TPSA) is 3.88 Å². The fourth-order valence-electron chi connectivity index (χ4n) is 1.30. The fraction of sp³-hybridized carbons (Fsp3) is 0.214. The van der Waals surface area contributed by atoms with Crippen molar-refractivity contribution >= 4 is 0 Å². The Kier molecular flexibility index (Phi) is 0.885. The molecule has 0 N–H and O–H groups in total. The van der Waals surface area contributed by atoms with Crippen LogP contribution in [-0.2, 0) is 7.05 Å². The zero-order valence-corrected chi connectivity index (χ0v) is 8.45. The van der Waals surface area contributed by atoms with Crippen molar-refractivity contribution in [3.8, 4) is 11.3 Å². The second kappa shape index (κ2) is 3.85. The molecule has 1 aromatic carbocycles. The highest BCUT2D eigenvalue weighted by Gasteiger charge is 2.10. The molecule has 15 heavy (non-hydrogen) atoms. The van der Waals surface area contributed by atoms with Gasteiger partial charge in [-0.15, -0.1) is 0 Å². The Morgan fingerprint density at radius 1 is 1.20 bits per heavy atom. The van der Waals surface area contributed by atoms with Crippen molar-refractivity contribution in [2.45, 2.75) is 13.8 Å². The Morgan fingerprint density at radius 2 is 2.00 bits per heavy atom. The summed E-state index contributed by atoms with van der Waals surface area (Å²) < 4.78 is 79.3. The summed E-state index contributed by atoms with van der Waals surface area (Å²) in [5.41, 5.74) is -0.511. The van der Waals surface area contributed by atoms with Gasteiger partial charge in [-0.25, -0.2) is 4.57 Å². The lowest BCUT2D eigenvalue weighted by Crippen LogP contribution is -2.30. The lowest BCUT2D eigenvalue weighted by molar-refractivity contribution is -0.660. The molecule has 1 heteroatoms. The Morgan fingerprint density at radius 3 is 2.80 bits per heavy atom. The van der Waals surface area contributed by atoms with Gasteiger partial charge in [-0.2, -0.15) is 0 Å². The third kappa shape index (κ3) is 1.91. The molecule has 0 unspecified atom stereocenters. The maximum atomic E-state index is 8.18. The average molecular weight is 208 g/mol. The normalized spacial score (nSPS) is 20.7. The molecule has 2 rings (SSSR count). The van der Waals surface area contributed by atoms with Crippen LogP contribution in [0.3, 0.4) is 0 Å². The molecule has 2 aromatic rings. The standard InChI is InChI=1S/C14H16N/c1-11-8-9-14(15(3)10-11)13-7-5-4-6-12(13)2/h4-10H,1-3H3/q+1/i1D3,4D,5D,6D,7D,8D,9D,10D. The van der Waals surface area contributed by atoms with Crippen LogP contribution in [0.25, 0.3) is 11.3 Å². The highest BCUT2D eigenvalue weighted by molar-refractivity contribution is 5.60. The Balaban J connectivity index is 3.03. The lowest BCUT2D eigenvalue weighted by Gasteiger charge is -2.03. The summed E-state index contributed by atoms with van der Waals surface area (Å²) in [6.07, 6.45) is -0.497. The lowest BCUT2D eigenvalue weighted by atomic mass is 10.0. The first kappa shape index (κ1) is 3.44. The molecule has 0 aliphatic heterocycles. The molecule has 0 aliphatic rings. The van der Waals surface area contributed by atoms with Gasteiger partial charge < -0.3 is 0 Å². The largest absolute Gasteiger partial charge is 0.212 e. The summed E-state index contributed by atoms with van der Waals surface area (Å²) in [6.45, 7) is -1.29. The summed E-state index contributed by atoms with van der Waals surface area (Å²) in [7, 11) is 1.34. The van der Waals surface area contributed by atoms with E-state index in [-0.39, 0.29) is 22.9 Å². The number of benzene rings is 1. The number of pyridine rings is 1. The summed E-state index contributed by atoms with van der Waals surface area (Å²) in [5, 5.41) is 0. The van der Waals surface area contributed by atoms with E-state index in [9.17, 15) is 0 Å². The maximum Gasteiger partial charge on any atom is 0.212 e. The third-order valence-corrected chi connectivity index (χ3v) is 2.03. The van der Waals surface area contributed by atoms with Crippen LogP contribution in [0.4, 0.5) is 0 Å². The first-order valence-electron chi connectivity index (χ1n) is 9.39. The molecule has 0 spiro atoms. The highest BCUT2D eigenvalue weighted by atomic mass is 14.9. The Bertz CT molecular complexity index is 827. The van der Waals surface area contributed by atoms with Crippen LogP contribution in [0.5, 0.6) is 0 Å². The SMILES string of the molecule is [2H]c1c([2H])c([2H])c(-c2c([2H])c([2H])c(C([2H])([2H])[2H])c([2H])[n+]2C)c(C)c1[2H]. The number of rotatable bonds is 1. The quantitative estimate of drug-likeness (QED) is 0.635. The van der Waals surface area contributed by atoms with Gasteiger partial charge in [0.15, 0.2) is 6.17 Å². The van der Waals surface area contributed by atoms with E-state index in [0.717, 1.165) is 4.57 Å². The molecule has 0 bridgehead atoms. The maximum absolute atomic E-state index is 8.18. The Hall–Kier alpha value is -1.63. The van der Waals surface area contributed by atoms with Crippen molar-refractivity contribution in [2.24, 2.45) is 7.05 Å². The summed E-state index contributed by atoms with van der Waals surface area (Å²) in [5.74, 6) is 0. The van der Waals surface area contributed by atoms with E-state index in [1.807, 2.05) is 0 Å². The molecule has 0 fully saturated rings. The zero-order chi connectivity index (χ0) is 19.4.